The molecule has 11 heteroatoms. The van der Waals surface area contributed by atoms with Gasteiger partial charge in [-0.05, 0) is 84.5 Å². The smallest absolute Gasteiger partial charge is 0.283 e. The second-order valence-electron chi connectivity index (χ2n) is 9.95. The van der Waals surface area contributed by atoms with E-state index >= 15 is 0 Å². The fourth-order valence-corrected chi connectivity index (χ4v) is 7.32. The summed E-state index contributed by atoms with van der Waals surface area (Å²) in [5.74, 6) is -0.963. The van der Waals surface area contributed by atoms with E-state index in [1.54, 1.807) is 23.1 Å². The predicted octanol–water partition coefficient (Wildman–Crippen LogP) is 7.20. The Labute approximate surface area is 243 Å². The first-order valence-corrected chi connectivity index (χ1v) is 16.8. The third kappa shape index (κ3) is 6.60. The number of nitrogens with zero attached hydrogens (tertiary/aromatic N) is 1. The fourth-order valence-electron chi connectivity index (χ4n) is 4.76. The van der Waals surface area contributed by atoms with Gasteiger partial charge in [-0.3, -0.25) is 9.11 Å². The van der Waals surface area contributed by atoms with Crippen LogP contribution in [-0.4, -0.2) is 31.8 Å². The van der Waals surface area contributed by atoms with Gasteiger partial charge in [0, 0.05) is 15.8 Å². The van der Waals surface area contributed by atoms with Crippen LogP contribution >= 0.6 is 11.8 Å². The molecule has 2 heterocycles. The van der Waals surface area contributed by atoms with Crippen LogP contribution < -0.4 is 4.90 Å². The zero-order chi connectivity index (χ0) is 29.5. The molecule has 0 fully saturated rings. The second kappa shape index (κ2) is 11.1. The molecule has 0 bridgehead atoms. The third-order valence-electron chi connectivity index (χ3n) is 6.93. The van der Waals surface area contributed by atoms with E-state index in [1.165, 1.54) is 11.8 Å². The van der Waals surface area contributed by atoms with Crippen LogP contribution in [0.2, 0.25) is 0 Å². The van der Waals surface area contributed by atoms with Crippen LogP contribution in [0, 0.1) is 13.8 Å². The molecule has 0 atom stereocenters. The van der Waals surface area contributed by atoms with Crippen molar-refractivity contribution >= 4 is 54.7 Å². The number of hydrogen-bond acceptors (Lipinski definition) is 7. The van der Waals surface area contributed by atoms with Crippen molar-refractivity contribution in [2.24, 2.45) is 0 Å². The van der Waals surface area contributed by atoms with E-state index in [2.05, 4.69) is 0 Å². The number of benzene rings is 3. The predicted molar refractivity (Wildman–Crippen MR) is 164 cm³/mol. The fraction of sp³-hybridized carbons (Fsp3) is 0.200. The van der Waals surface area contributed by atoms with Crippen LogP contribution in [0.3, 0.4) is 0 Å². The van der Waals surface area contributed by atoms with E-state index in [-0.39, 0.29) is 5.76 Å². The quantitative estimate of drug-likeness (QED) is 0.199. The molecule has 5 rings (SSSR count). The van der Waals surface area contributed by atoms with E-state index < -0.39 is 31.9 Å². The van der Waals surface area contributed by atoms with Crippen molar-refractivity contribution in [3.8, 4) is 11.1 Å². The molecule has 1 aliphatic heterocycles. The average Bonchev–Trinajstić information content (AvgIpc) is 3.38. The molecule has 2 N–H and O–H groups in total. The Morgan fingerprint density at radius 3 is 2.29 bits per heavy atom. The van der Waals surface area contributed by atoms with E-state index in [4.69, 9.17) is 4.42 Å². The van der Waals surface area contributed by atoms with Crippen molar-refractivity contribution < 1.29 is 30.4 Å². The highest BCUT2D eigenvalue weighted by Crippen LogP contribution is 2.48. The first-order valence-electron chi connectivity index (χ1n) is 12.8. The number of hydrogen-bond donors (Lipinski definition) is 2. The molecule has 0 unspecified atom stereocenters. The summed E-state index contributed by atoms with van der Waals surface area (Å²) in [5, 5.41) is 1.16. The van der Waals surface area contributed by atoms with Crippen molar-refractivity contribution in [1.82, 2.24) is 0 Å². The molecule has 0 radical (unpaired) electrons. The minimum atomic E-state index is -4.39. The lowest BCUT2D eigenvalue weighted by molar-refractivity contribution is 0.480. The standard InChI is InChI=1S/C30H29NO7S3/c1-4-21(15-30-31(18-41(35,36)37)26-12-19(2)20(3)13-29(26)39-30)14-28-25(17-40(32,33)34)24-16-23(10-11-27(24)38-28)22-8-6-5-7-9-22/h5-16H,4,17-18H2,1-3H3,(H,32,33,34)(H,35,36,37)/b21-14-,30-15+. The number of fused-ring (bicyclic) bond motifs is 2. The van der Waals surface area contributed by atoms with Gasteiger partial charge < -0.3 is 9.32 Å². The molecule has 0 aliphatic carbocycles. The van der Waals surface area contributed by atoms with Crippen LogP contribution in [0.15, 0.2) is 86.7 Å². The summed E-state index contributed by atoms with van der Waals surface area (Å²) >= 11 is 1.39. The van der Waals surface area contributed by atoms with E-state index in [0.29, 0.717) is 33.7 Å². The largest absolute Gasteiger partial charge is 0.456 e. The molecule has 4 aromatic rings. The van der Waals surface area contributed by atoms with Gasteiger partial charge >= 0.3 is 0 Å². The number of thioether (sulfide) groups is 1. The van der Waals surface area contributed by atoms with Gasteiger partial charge in [0.25, 0.3) is 20.2 Å². The van der Waals surface area contributed by atoms with Crippen LogP contribution in [-0.2, 0) is 26.0 Å². The van der Waals surface area contributed by atoms with Gasteiger partial charge in [0.05, 0.1) is 10.7 Å². The van der Waals surface area contributed by atoms with Crippen molar-refractivity contribution in [1.29, 1.82) is 0 Å². The molecule has 214 valence electrons. The molecule has 0 amide bonds. The number of furan rings is 1. The first kappa shape index (κ1) is 29.2. The Morgan fingerprint density at radius 1 is 0.927 bits per heavy atom. The maximum Gasteiger partial charge on any atom is 0.283 e. The number of rotatable bonds is 8. The van der Waals surface area contributed by atoms with Gasteiger partial charge in [-0.25, -0.2) is 0 Å². The lowest BCUT2D eigenvalue weighted by Gasteiger charge is -2.19. The minimum absolute atomic E-state index is 0.282. The monoisotopic (exact) mass is 611 g/mol. The van der Waals surface area contributed by atoms with Gasteiger partial charge in [-0.1, -0.05) is 55.1 Å². The van der Waals surface area contributed by atoms with Gasteiger partial charge in [0.1, 0.15) is 17.1 Å². The molecular weight excluding hydrogens is 583 g/mol. The Kier molecular flexibility index (Phi) is 7.92. The Bertz CT molecular complexity index is 1920. The van der Waals surface area contributed by atoms with Crippen LogP contribution in [0.4, 0.5) is 5.69 Å². The molecule has 3 aromatic carbocycles. The van der Waals surface area contributed by atoms with E-state index in [0.717, 1.165) is 32.7 Å². The summed E-state index contributed by atoms with van der Waals surface area (Å²) < 4.78 is 73.4. The van der Waals surface area contributed by atoms with Crippen LogP contribution in [0.5, 0.6) is 0 Å². The van der Waals surface area contributed by atoms with Crippen LogP contribution in [0.1, 0.15) is 35.8 Å². The molecule has 8 nitrogen and oxygen atoms in total. The summed E-state index contributed by atoms with van der Waals surface area (Å²) in [6, 6.07) is 19.0. The maximum atomic E-state index is 12.0. The van der Waals surface area contributed by atoms with Gasteiger partial charge in [-0.2, -0.15) is 16.8 Å². The van der Waals surface area contributed by atoms with Crippen molar-refractivity contribution in [3.05, 3.63) is 99.8 Å². The average molecular weight is 612 g/mol. The zero-order valence-corrected chi connectivity index (χ0v) is 25.1. The van der Waals surface area contributed by atoms with E-state index in [9.17, 15) is 25.9 Å². The van der Waals surface area contributed by atoms with Crippen molar-refractivity contribution in [3.63, 3.8) is 0 Å². The normalized spacial score (nSPS) is 15.2. The topological polar surface area (TPSA) is 125 Å². The molecule has 41 heavy (non-hydrogen) atoms. The highest BCUT2D eigenvalue weighted by atomic mass is 32.2. The molecule has 1 aromatic heterocycles. The third-order valence-corrected chi connectivity index (χ3v) is 9.26. The zero-order valence-electron chi connectivity index (χ0n) is 22.7. The highest BCUT2D eigenvalue weighted by Gasteiger charge is 2.29. The highest BCUT2D eigenvalue weighted by molar-refractivity contribution is 8.03. The first-order chi connectivity index (χ1) is 19.3. The van der Waals surface area contributed by atoms with Crippen molar-refractivity contribution in [2.45, 2.75) is 37.8 Å². The molecule has 0 saturated carbocycles. The summed E-state index contributed by atoms with van der Waals surface area (Å²) in [7, 11) is -8.73. The SMILES string of the molecule is CCC(=C/c1oc2ccc(-c3ccccc3)cc2c1CS(=O)(=O)O)/C=C1/Sc2cc(C)c(C)cc2N1CS(=O)(=O)O. The van der Waals surface area contributed by atoms with Crippen molar-refractivity contribution in [2.75, 3.05) is 10.8 Å². The summed E-state index contributed by atoms with van der Waals surface area (Å²) in [5.41, 5.74) is 6.08. The van der Waals surface area contributed by atoms with Gasteiger partial charge in [-0.15, -0.1) is 0 Å². The molecular formula is C30H29NO7S3. The molecule has 1 aliphatic rings. The minimum Gasteiger partial charge on any atom is -0.456 e. The number of allylic oxidation sites excluding steroid dienone is 2. The number of aryl methyl sites for hydroxylation is 2. The van der Waals surface area contributed by atoms with Crippen LogP contribution in [0.25, 0.3) is 28.2 Å². The summed E-state index contributed by atoms with van der Waals surface area (Å²) in [6.45, 7) is 5.83. The Morgan fingerprint density at radius 2 is 1.63 bits per heavy atom. The maximum absolute atomic E-state index is 12.0. The molecule has 0 saturated heterocycles. The number of anilines is 1. The van der Waals surface area contributed by atoms with E-state index in [1.807, 2.05) is 75.4 Å². The van der Waals surface area contributed by atoms with Gasteiger partial charge in [0.2, 0.25) is 0 Å². The Balaban J connectivity index is 1.62. The lowest BCUT2D eigenvalue weighted by atomic mass is 10.0. The Hall–Kier alpha value is -3.35. The molecule has 0 spiro atoms. The summed E-state index contributed by atoms with van der Waals surface area (Å²) in [4.78, 5) is 2.41. The van der Waals surface area contributed by atoms with Gasteiger partial charge in [0.15, 0.2) is 5.88 Å². The lowest BCUT2D eigenvalue weighted by Crippen LogP contribution is -2.25. The summed E-state index contributed by atoms with van der Waals surface area (Å²) in [6.07, 6.45) is 4.03. The second-order valence-corrected chi connectivity index (χ2v) is 13.9.